The average molecular weight is 373 g/mol. The number of ether oxygens (including phenoxy) is 1. The van der Waals surface area contributed by atoms with Crippen molar-refractivity contribution in [3.8, 4) is 5.75 Å². The molecule has 138 valence electrons. The van der Waals surface area contributed by atoms with Crippen LogP contribution < -0.4 is 10.1 Å². The van der Waals surface area contributed by atoms with E-state index in [2.05, 4.69) is 10.2 Å². The summed E-state index contributed by atoms with van der Waals surface area (Å²) in [6, 6.07) is 17.4. The van der Waals surface area contributed by atoms with E-state index in [4.69, 9.17) is 16.3 Å². The Morgan fingerprint density at radius 3 is 2.46 bits per heavy atom. The van der Waals surface area contributed by atoms with Crippen LogP contribution in [0.1, 0.15) is 30.9 Å². The molecule has 0 saturated carbocycles. The van der Waals surface area contributed by atoms with Crippen LogP contribution in [-0.2, 0) is 4.79 Å². The number of carbonyl (C=O) groups is 1. The van der Waals surface area contributed by atoms with Crippen LogP contribution in [0.3, 0.4) is 0 Å². The van der Waals surface area contributed by atoms with Crippen LogP contribution in [0.2, 0.25) is 5.02 Å². The molecule has 0 aromatic heterocycles. The molecule has 1 aliphatic heterocycles. The molecule has 1 fully saturated rings. The van der Waals surface area contributed by atoms with Crippen molar-refractivity contribution in [3.63, 3.8) is 0 Å². The molecule has 1 amide bonds. The summed E-state index contributed by atoms with van der Waals surface area (Å²) >= 11 is 6.43. The molecule has 5 heteroatoms. The van der Waals surface area contributed by atoms with Crippen molar-refractivity contribution in [1.29, 1.82) is 0 Å². The smallest absolute Gasteiger partial charge is 0.258 e. The van der Waals surface area contributed by atoms with Gasteiger partial charge in [-0.3, -0.25) is 9.69 Å². The number of halogens is 1. The van der Waals surface area contributed by atoms with Crippen molar-refractivity contribution in [2.24, 2.45) is 0 Å². The largest absolute Gasteiger partial charge is 0.484 e. The van der Waals surface area contributed by atoms with Crippen molar-refractivity contribution < 1.29 is 9.53 Å². The summed E-state index contributed by atoms with van der Waals surface area (Å²) in [6.07, 6.45) is 3.64. The minimum absolute atomic E-state index is 0.0131. The lowest BCUT2D eigenvalue weighted by molar-refractivity contribution is -0.123. The Morgan fingerprint density at radius 2 is 1.73 bits per heavy atom. The number of piperidine rings is 1. The Hall–Kier alpha value is -2.04. The first-order chi connectivity index (χ1) is 12.7. The molecule has 1 heterocycles. The van der Waals surface area contributed by atoms with E-state index < -0.39 is 0 Å². The van der Waals surface area contributed by atoms with Gasteiger partial charge in [-0.15, -0.1) is 0 Å². The number of rotatable bonds is 7. The van der Waals surface area contributed by atoms with Crippen LogP contribution >= 0.6 is 11.6 Å². The Kier molecular flexibility index (Phi) is 6.92. The SMILES string of the molecule is O=C(COc1ccccc1)NC[C@H](c1ccccc1Cl)N1CCCCC1. The minimum atomic E-state index is -0.122. The zero-order chi connectivity index (χ0) is 18.2. The van der Waals surface area contributed by atoms with Crippen molar-refractivity contribution in [2.45, 2.75) is 25.3 Å². The van der Waals surface area contributed by atoms with Gasteiger partial charge in [0.1, 0.15) is 5.75 Å². The van der Waals surface area contributed by atoms with E-state index in [9.17, 15) is 4.79 Å². The van der Waals surface area contributed by atoms with Gasteiger partial charge in [0.05, 0.1) is 6.04 Å². The molecule has 4 nitrogen and oxygen atoms in total. The molecule has 0 aliphatic carbocycles. The lowest BCUT2D eigenvalue weighted by Gasteiger charge is -2.35. The molecule has 3 rings (SSSR count). The van der Waals surface area contributed by atoms with E-state index >= 15 is 0 Å². The van der Waals surface area contributed by atoms with Gasteiger partial charge in [0.15, 0.2) is 6.61 Å². The molecule has 2 aromatic rings. The maximum atomic E-state index is 12.2. The summed E-state index contributed by atoms with van der Waals surface area (Å²) < 4.78 is 5.52. The van der Waals surface area contributed by atoms with E-state index in [1.807, 2.05) is 54.6 Å². The first kappa shape index (κ1) is 18.7. The summed E-state index contributed by atoms with van der Waals surface area (Å²) in [5.74, 6) is 0.573. The number of nitrogens with one attached hydrogen (secondary N) is 1. The van der Waals surface area contributed by atoms with E-state index in [1.54, 1.807) is 0 Å². The highest BCUT2D eigenvalue weighted by Gasteiger charge is 2.24. The van der Waals surface area contributed by atoms with Gasteiger partial charge in [0, 0.05) is 11.6 Å². The summed E-state index contributed by atoms with van der Waals surface area (Å²) in [5.41, 5.74) is 1.07. The molecular weight excluding hydrogens is 348 g/mol. The summed E-state index contributed by atoms with van der Waals surface area (Å²) in [7, 11) is 0. The van der Waals surface area contributed by atoms with E-state index in [1.165, 1.54) is 19.3 Å². The second-order valence-corrected chi connectivity index (χ2v) is 6.95. The maximum absolute atomic E-state index is 12.2. The Morgan fingerprint density at radius 1 is 1.04 bits per heavy atom. The van der Waals surface area contributed by atoms with Gasteiger partial charge in [0.2, 0.25) is 0 Å². The summed E-state index contributed by atoms with van der Waals surface area (Å²) in [4.78, 5) is 14.7. The molecule has 1 aliphatic rings. The fourth-order valence-electron chi connectivity index (χ4n) is 3.34. The lowest BCUT2D eigenvalue weighted by atomic mass is 10.0. The van der Waals surface area contributed by atoms with Crippen LogP contribution in [-0.4, -0.2) is 37.0 Å². The zero-order valence-corrected chi connectivity index (χ0v) is 15.6. The topological polar surface area (TPSA) is 41.6 Å². The number of benzene rings is 2. The highest BCUT2D eigenvalue weighted by molar-refractivity contribution is 6.31. The standard InChI is InChI=1S/C21H25ClN2O2/c22-19-12-6-5-11-18(19)20(24-13-7-2-8-14-24)15-23-21(25)16-26-17-9-3-1-4-10-17/h1,3-6,9-12,20H,2,7-8,13-16H2,(H,23,25)/t20-/m1/s1. The van der Waals surface area contributed by atoms with Gasteiger partial charge < -0.3 is 10.1 Å². The third-order valence-electron chi connectivity index (χ3n) is 4.70. The van der Waals surface area contributed by atoms with Crippen molar-refractivity contribution >= 4 is 17.5 Å². The highest BCUT2D eigenvalue weighted by Crippen LogP contribution is 2.29. The molecule has 0 unspecified atom stereocenters. The van der Waals surface area contributed by atoms with Crippen LogP contribution in [0.4, 0.5) is 0 Å². The van der Waals surface area contributed by atoms with Gasteiger partial charge in [-0.1, -0.05) is 54.4 Å². The number of hydrogen-bond acceptors (Lipinski definition) is 3. The zero-order valence-electron chi connectivity index (χ0n) is 14.9. The van der Waals surface area contributed by atoms with E-state index in [0.29, 0.717) is 12.3 Å². The van der Waals surface area contributed by atoms with Gasteiger partial charge in [-0.2, -0.15) is 0 Å². The van der Waals surface area contributed by atoms with Gasteiger partial charge in [-0.25, -0.2) is 0 Å². The molecule has 1 atom stereocenters. The van der Waals surface area contributed by atoms with E-state index in [0.717, 1.165) is 23.7 Å². The molecule has 26 heavy (non-hydrogen) atoms. The predicted molar refractivity (Wildman–Crippen MR) is 105 cm³/mol. The molecule has 0 radical (unpaired) electrons. The van der Waals surface area contributed by atoms with Crippen molar-refractivity contribution in [3.05, 3.63) is 65.2 Å². The summed E-state index contributed by atoms with van der Waals surface area (Å²) in [6.45, 7) is 2.61. The molecule has 0 spiro atoms. The second kappa shape index (κ2) is 9.60. The first-order valence-electron chi connectivity index (χ1n) is 9.17. The third-order valence-corrected chi connectivity index (χ3v) is 5.05. The molecule has 1 N–H and O–H groups in total. The van der Waals surface area contributed by atoms with Crippen molar-refractivity contribution in [1.82, 2.24) is 10.2 Å². The van der Waals surface area contributed by atoms with Gasteiger partial charge in [0.25, 0.3) is 5.91 Å². The number of amides is 1. The molecule has 0 bridgehead atoms. The van der Waals surface area contributed by atoms with Crippen LogP contribution in [0, 0.1) is 0 Å². The van der Waals surface area contributed by atoms with Gasteiger partial charge >= 0.3 is 0 Å². The monoisotopic (exact) mass is 372 g/mol. The maximum Gasteiger partial charge on any atom is 0.258 e. The van der Waals surface area contributed by atoms with Crippen molar-refractivity contribution in [2.75, 3.05) is 26.2 Å². The second-order valence-electron chi connectivity index (χ2n) is 6.54. The van der Waals surface area contributed by atoms with Crippen LogP contribution in [0.15, 0.2) is 54.6 Å². The van der Waals surface area contributed by atoms with Gasteiger partial charge in [-0.05, 0) is 49.7 Å². The Bertz CT molecular complexity index is 702. The molecule has 1 saturated heterocycles. The number of carbonyl (C=O) groups excluding carboxylic acids is 1. The van der Waals surface area contributed by atoms with Crippen LogP contribution in [0.25, 0.3) is 0 Å². The van der Waals surface area contributed by atoms with E-state index in [-0.39, 0.29) is 18.6 Å². The highest BCUT2D eigenvalue weighted by atomic mass is 35.5. The first-order valence-corrected chi connectivity index (χ1v) is 9.55. The summed E-state index contributed by atoms with van der Waals surface area (Å²) in [5, 5.41) is 3.76. The van der Waals surface area contributed by atoms with Crippen LogP contribution in [0.5, 0.6) is 5.75 Å². The molecular formula is C21H25ClN2O2. The normalized spacial score (nSPS) is 16.0. The fraction of sp³-hybridized carbons (Fsp3) is 0.381. The Labute approximate surface area is 160 Å². The number of hydrogen-bond donors (Lipinski definition) is 1. The Balaban J connectivity index is 1.60. The predicted octanol–water partition coefficient (Wildman–Crippen LogP) is 4.06. The quantitative estimate of drug-likeness (QED) is 0.796. The third kappa shape index (κ3) is 5.23. The number of nitrogens with zero attached hydrogens (tertiary/aromatic N) is 1. The average Bonchev–Trinajstić information content (AvgIpc) is 2.69. The lowest BCUT2D eigenvalue weighted by Crippen LogP contribution is -2.41. The number of likely N-dealkylation sites (tertiary alicyclic amines) is 1. The fourth-order valence-corrected chi connectivity index (χ4v) is 3.60. The molecule has 2 aromatic carbocycles. The number of para-hydroxylation sites is 1. The minimum Gasteiger partial charge on any atom is -0.484 e.